The summed E-state index contributed by atoms with van der Waals surface area (Å²) in [6.45, 7) is 7.76. The average molecular weight is 377 g/mol. The fourth-order valence-electron chi connectivity index (χ4n) is 1.94. The van der Waals surface area contributed by atoms with Gasteiger partial charge in [0.05, 0.1) is 10.5 Å². The standard InChI is InChI=1S/C14H16Cl3N3OSi/c1-22(2,3)5-4-21-8-20-11-6-10(15)13(16)19-12(11)9(7-18)14(20)17/h6H,4-5,8H2,1-3H3. The maximum absolute atomic E-state index is 9.27. The highest BCUT2D eigenvalue weighted by Crippen LogP contribution is 2.32. The van der Waals surface area contributed by atoms with Crippen molar-refractivity contribution in [2.75, 3.05) is 6.61 Å². The van der Waals surface area contributed by atoms with Crippen LogP contribution in [0.2, 0.25) is 41.0 Å². The van der Waals surface area contributed by atoms with Gasteiger partial charge in [-0.2, -0.15) is 5.26 Å². The predicted molar refractivity (Wildman–Crippen MR) is 93.6 cm³/mol. The van der Waals surface area contributed by atoms with Gasteiger partial charge in [-0.25, -0.2) is 4.98 Å². The van der Waals surface area contributed by atoms with Crippen LogP contribution < -0.4 is 0 Å². The topological polar surface area (TPSA) is 50.8 Å². The Labute approximate surface area is 145 Å². The number of rotatable bonds is 5. The molecular formula is C14H16Cl3N3OSi. The van der Waals surface area contributed by atoms with Crippen LogP contribution in [0.4, 0.5) is 0 Å². The molecule has 0 saturated carbocycles. The second kappa shape index (κ2) is 6.77. The summed E-state index contributed by atoms with van der Waals surface area (Å²) in [5, 5.41) is 10.0. The van der Waals surface area contributed by atoms with Crippen molar-refractivity contribution in [3.05, 3.63) is 27.0 Å². The minimum atomic E-state index is -1.15. The summed E-state index contributed by atoms with van der Waals surface area (Å²) in [5.41, 5.74) is 1.36. The number of halogens is 3. The lowest BCUT2D eigenvalue weighted by Gasteiger charge is -2.16. The molecule has 0 aliphatic heterocycles. The van der Waals surface area contributed by atoms with E-state index in [9.17, 15) is 5.26 Å². The van der Waals surface area contributed by atoms with E-state index in [0.29, 0.717) is 22.7 Å². The second-order valence-corrected chi connectivity index (χ2v) is 12.9. The van der Waals surface area contributed by atoms with Crippen molar-refractivity contribution in [1.82, 2.24) is 9.55 Å². The monoisotopic (exact) mass is 375 g/mol. The molecule has 0 aromatic carbocycles. The molecule has 0 atom stereocenters. The molecule has 0 unspecified atom stereocenters. The Balaban J connectivity index is 2.31. The third kappa shape index (κ3) is 3.76. The van der Waals surface area contributed by atoms with E-state index in [0.717, 1.165) is 6.04 Å². The molecule has 118 valence electrons. The Morgan fingerprint density at radius 3 is 2.59 bits per heavy atom. The SMILES string of the molecule is C[Si](C)(C)CCOCn1c(Cl)c(C#N)c2nc(Cl)c(Cl)cc21. The first-order valence-electron chi connectivity index (χ1n) is 6.76. The molecule has 0 radical (unpaired) electrons. The third-order valence-electron chi connectivity index (χ3n) is 3.21. The first-order valence-corrected chi connectivity index (χ1v) is 11.6. The minimum absolute atomic E-state index is 0.152. The van der Waals surface area contributed by atoms with Crippen LogP contribution in [0.5, 0.6) is 0 Å². The smallest absolute Gasteiger partial charge is 0.148 e. The van der Waals surface area contributed by atoms with E-state index in [1.807, 2.05) is 0 Å². The highest BCUT2D eigenvalue weighted by molar-refractivity contribution is 6.76. The second-order valence-electron chi connectivity index (χ2n) is 6.18. The number of nitrogens with zero attached hydrogens (tertiary/aromatic N) is 3. The summed E-state index contributed by atoms with van der Waals surface area (Å²) >= 11 is 18.2. The van der Waals surface area contributed by atoms with Crippen molar-refractivity contribution in [3.63, 3.8) is 0 Å². The van der Waals surface area contributed by atoms with Crippen LogP contribution >= 0.6 is 34.8 Å². The van der Waals surface area contributed by atoms with E-state index < -0.39 is 8.07 Å². The maximum Gasteiger partial charge on any atom is 0.148 e. The van der Waals surface area contributed by atoms with Crippen molar-refractivity contribution in [2.24, 2.45) is 0 Å². The van der Waals surface area contributed by atoms with E-state index in [2.05, 4.69) is 30.7 Å². The first-order chi connectivity index (χ1) is 10.2. The summed E-state index contributed by atoms with van der Waals surface area (Å²) in [5.74, 6) is 0. The zero-order valence-corrected chi connectivity index (χ0v) is 15.9. The molecule has 0 aliphatic rings. The van der Waals surface area contributed by atoms with Gasteiger partial charge in [0.2, 0.25) is 0 Å². The fourth-order valence-corrected chi connectivity index (χ4v) is 3.26. The maximum atomic E-state index is 9.27. The lowest BCUT2D eigenvalue weighted by atomic mass is 10.3. The van der Waals surface area contributed by atoms with Crippen molar-refractivity contribution >= 4 is 53.9 Å². The van der Waals surface area contributed by atoms with Crippen molar-refractivity contribution < 1.29 is 4.74 Å². The predicted octanol–water partition coefficient (Wildman–Crippen LogP) is 5.18. The van der Waals surface area contributed by atoms with Gasteiger partial charge in [0.1, 0.15) is 34.2 Å². The summed E-state index contributed by atoms with van der Waals surface area (Å²) < 4.78 is 7.40. The molecular weight excluding hydrogens is 361 g/mol. The Morgan fingerprint density at radius 1 is 1.32 bits per heavy atom. The molecule has 0 amide bonds. The van der Waals surface area contributed by atoms with E-state index in [1.165, 1.54) is 0 Å². The van der Waals surface area contributed by atoms with Crippen LogP contribution in [0.15, 0.2) is 6.07 Å². The molecule has 4 nitrogen and oxygen atoms in total. The molecule has 0 aliphatic carbocycles. The van der Waals surface area contributed by atoms with Gasteiger partial charge in [0.15, 0.2) is 0 Å². The van der Waals surface area contributed by atoms with Crippen molar-refractivity contribution in [1.29, 1.82) is 5.26 Å². The molecule has 0 N–H and O–H groups in total. The summed E-state index contributed by atoms with van der Waals surface area (Å²) in [6, 6.07) is 4.76. The fraction of sp³-hybridized carbons (Fsp3) is 0.429. The highest BCUT2D eigenvalue weighted by atomic mass is 35.5. The number of hydrogen-bond acceptors (Lipinski definition) is 3. The normalized spacial score (nSPS) is 11.9. The molecule has 0 saturated heterocycles. The van der Waals surface area contributed by atoms with Crippen LogP contribution in [-0.2, 0) is 11.5 Å². The van der Waals surface area contributed by atoms with Crippen LogP contribution in [0.25, 0.3) is 11.0 Å². The average Bonchev–Trinajstić information content (AvgIpc) is 2.66. The van der Waals surface area contributed by atoms with Gasteiger partial charge in [0, 0.05) is 14.7 Å². The molecule has 2 aromatic rings. The Bertz CT molecular complexity index is 747. The van der Waals surface area contributed by atoms with E-state index in [-0.39, 0.29) is 22.6 Å². The Morgan fingerprint density at radius 2 is 2.00 bits per heavy atom. The first kappa shape index (κ1) is 17.6. The molecule has 8 heteroatoms. The van der Waals surface area contributed by atoms with Gasteiger partial charge < -0.3 is 9.30 Å². The van der Waals surface area contributed by atoms with Crippen LogP contribution in [0.3, 0.4) is 0 Å². The summed E-state index contributed by atoms with van der Waals surface area (Å²) in [7, 11) is -1.15. The molecule has 22 heavy (non-hydrogen) atoms. The number of nitriles is 1. The van der Waals surface area contributed by atoms with Gasteiger partial charge in [-0.05, 0) is 12.1 Å². The molecule has 2 rings (SSSR count). The lowest BCUT2D eigenvalue weighted by molar-refractivity contribution is 0.0904. The molecule has 2 aromatic heterocycles. The molecule has 2 heterocycles. The van der Waals surface area contributed by atoms with Gasteiger partial charge in [-0.3, -0.25) is 0 Å². The van der Waals surface area contributed by atoms with Crippen molar-refractivity contribution in [3.8, 4) is 6.07 Å². The van der Waals surface area contributed by atoms with E-state index in [1.54, 1.807) is 10.6 Å². The number of ether oxygens (including phenoxy) is 1. The highest BCUT2D eigenvalue weighted by Gasteiger charge is 2.19. The van der Waals surface area contributed by atoms with E-state index >= 15 is 0 Å². The van der Waals surface area contributed by atoms with Gasteiger partial charge in [-0.1, -0.05) is 54.4 Å². The largest absolute Gasteiger partial charge is 0.361 e. The van der Waals surface area contributed by atoms with Gasteiger partial charge >= 0.3 is 0 Å². The molecule has 0 fully saturated rings. The lowest BCUT2D eigenvalue weighted by Crippen LogP contribution is -2.22. The van der Waals surface area contributed by atoms with E-state index in [4.69, 9.17) is 39.5 Å². The quantitative estimate of drug-likeness (QED) is 0.410. The third-order valence-corrected chi connectivity index (χ3v) is 5.98. The minimum Gasteiger partial charge on any atom is -0.361 e. The number of hydrogen-bond donors (Lipinski definition) is 0. The molecule has 0 spiro atoms. The molecule has 0 bridgehead atoms. The Hall–Kier alpha value is -0.773. The zero-order valence-electron chi connectivity index (χ0n) is 12.6. The van der Waals surface area contributed by atoms with Crippen LogP contribution in [-0.4, -0.2) is 24.2 Å². The van der Waals surface area contributed by atoms with Gasteiger partial charge in [-0.15, -0.1) is 0 Å². The number of aromatic nitrogens is 2. The summed E-state index contributed by atoms with van der Waals surface area (Å²) in [6.07, 6.45) is 0. The zero-order chi connectivity index (χ0) is 16.5. The van der Waals surface area contributed by atoms with Crippen LogP contribution in [0.1, 0.15) is 5.56 Å². The van der Waals surface area contributed by atoms with Crippen molar-refractivity contribution in [2.45, 2.75) is 32.4 Å². The Kier molecular flexibility index (Phi) is 5.41. The summed E-state index contributed by atoms with van der Waals surface area (Å²) in [4.78, 5) is 4.15. The number of pyridine rings is 1. The van der Waals surface area contributed by atoms with Gasteiger partial charge in [0.25, 0.3) is 0 Å². The van der Waals surface area contributed by atoms with Crippen LogP contribution in [0, 0.1) is 11.3 Å². The number of fused-ring (bicyclic) bond motifs is 1.